The van der Waals surface area contributed by atoms with Crippen molar-refractivity contribution >= 4 is 5.91 Å². The number of hydrogen-bond acceptors (Lipinski definition) is 3. The minimum atomic E-state index is -0.405. The summed E-state index contributed by atoms with van der Waals surface area (Å²) in [4.78, 5) is 10.8. The van der Waals surface area contributed by atoms with Gasteiger partial charge in [-0.25, -0.2) is 4.39 Å². The van der Waals surface area contributed by atoms with Crippen LogP contribution in [0.25, 0.3) is 0 Å². The van der Waals surface area contributed by atoms with E-state index < -0.39 is 5.91 Å². The number of halogens is 1. The van der Waals surface area contributed by atoms with Crippen LogP contribution < -0.4 is 16.2 Å². The Kier molecular flexibility index (Phi) is 5.49. The van der Waals surface area contributed by atoms with Crippen molar-refractivity contribution in [1.82, 2.24) is 0 Å². The van der Waals surface area contributed by atoms with Crippen molar-refractivity contribution in [1.29, 1.82) is 0 Å². The SMILES string of the molecule is NC(=O)CC(N)Cc1ccc(OCc2ccccc2F)cc1. The second-order valence-electron chi connectivity index (χ2n) is 5.16. The summed E-state index contributed by atoms with van der Waals surface area (Å²) in [7, 11) is 0. The van der Waals surface area contributed by atoms with Crippen molar-refractivity contribution in [3.05, 3.63) is 65.5 Å². The molecule has 2 aromatic carbocycles. The molecule has 2 aromatic rings. The molecule has 0 aliphatic heterocycles. The number of carbonyl (C=O) groups excluding carboxylic acids is 1. The van der Waals surface area contributed by atoms with Gasteiger partial charge < -0.3 is 16.2 Å². The molecular weight excluding hydrogens is 283 g/mol. The van der Waals surface area contributed by atoms with Crippen LogP contribution in [0.4, 0.5) is 4.39 Å². The quantitative estimate of drug-likeness (QED) is 0.822. The Hall–Kier alpha value is -2.40. The maximum atomic E-state index is 13.5. The maximum Gasteiger partial charge on any atom is 0.218 e. The summed E-state index contributed by atoms with van der Waals surface area (Å²) >= 11 is 0. The summed E-state index contributed by atoms with van der Waals surface area (Å²) in [5.74, 6) is -0.0376. The fourth-order valence-corrected chi connectivity index (χ4v) is 2.13. The highest BCUT2D eigenvalue weighted by Gasteiger charge is 2.08. The molecule has 116 valence electrons. The number of ether oxygens (including phenoxy) is 1. The molecule has 1 atom stereocenters. The summed E-state index contributed by atoms with van der Waals surface area (Å²) in [6, 6.07) is 13.6. The third-order valence-electron chi connectivity index (χ3n) is 3.24. The zero-order chi connectivity index (χ0) is 15.9. The first-order valence-corrected chi connectivity index (χ1v) is 7.03. The molecule has 22 heavy (non-hydrogen) atoms. The number of nitrogens with two attached hydrogens (primary N) is 2. The molecule has 1 amide bonds. The van der Waals surface area contributed by atoms with E-state index >= 15 is 0 Å². The smallest absolute Gasteiger partial charge is 0.218 e. The third-order valence-corrected chi connectivity index (χ3v) is 3.24. The number of primary amides is 1. The van der Waals surface area contributed by atoms with E-state index in [9.17, 15) is 9.18 Å². The monoisotopic (exact) mass is 302 g/mol. The minimum Gasteiger partial charge on any atom is -0.489 e. The number of hydrogen-bond donors (Lipinski definition) is 2. The molecule has 0 saturated heterocycles. The maximum absolute atomic E-state index is 13.5. The standard InChI is InChI=1S/C17H19FN2O2/c18-16-4-2-1-3-13(16)11-22-15-7-5-12(6-8-15)9-14(19)10-17(20)21/h1-8,14H,9-11,19H2,(H2,20,21). The van der Waals surface area contributed by atoms with Crippen LogP contribution in [0.15, 0.2) is 48.5 Å². The molecule has 0 fully saturated rings. The van der Waals surface area contributed by atoms with Crippen molar-refractivity contribution in [3.63, 3.8) is 0 Å². The van der Waals surface area contributed by atoms with Crippen molar-refractivity contribution < 1.29 is 13.9 Å². The summed E-state index contributed by atoms with van der Waals surface area (Å²) in [5, 5.41) is 0. The lowest BCUT2D eigenvalue weighted by atomic mass is 10.0. The van der Waals surface area contributed by atoms with Gasteiger partial charge in [0.2, 0.25) is 5.91 Å². The van der Waals surface area contributed by atoms with E-state index in [0.717, 1.165) is 5.56 Å². The molecule has 0 heterocycles. The van der Waals surface area contributed by atoms with Crippen LogP contribution in [0.5, 0.6) is 5.75 Å². The van der Waals surface area contributed by atoms with Gasteiger partial charge >= 0.3 is 0 Å². The van der Waals surface area contributed by atoms with Crippen LogP contribution in [0, 0.1) is 5.82 Å². The second-order valence-corrected chi connectivity index (χ2v) is 5.16. The van der Waals surface area contributed by atoms with Gasteiger partial charge in [-0.1, -0.05) is 30.3 Å². The van der Waals surface area contributed by atoms with Crippen LogP contribution in [0.1, 0.15) is 17.5 Å². The molecule has 0 saturated carbocycles. The molecule has 4 nitrogen and oxygen atoms in total. The normalized spacial score (nSPS) is 11.9. The van der Waals surface area contributed by atoms with E-state index in [-0.39, 0.29) is 24.9 Å². The van der Waals surface area contributed by atoms with E-state index in [1.54, 1.807) is 30.3 Å². The number of benzene rings is 2. The molecular formula is C17H19FN2O2. The van der Waals surface area contributed by atoms with Crippen LogP contribution in [0.2, 0.25) is 0 Å². The Bertz CT molecular complexity index is 629. The molecule has 2 rings (SSSR count). The number of amides is 1. The zero-order valence-electron chi connectivity index (χ0n) is 12.2. The fourth-order valence-electron chi connectivity index (χ4n) is 2.13. The number of rotatable bonds is 7. The van der Waals surface area contributed by atoms with Crippen LogP contribution in [-0.4, -0.2) is 11.9 Å². The van der Waals surface area contributed by atoms with Gasteiger partial charge in [-0.2, -0.15) is 0 Å². The van der Waals surface area contributed by atoms with Gasteiger partial charge in [0.15, 0.2) is 0 Å². The Labute approximate surface area is 128 Å². The summed E-state index contributed by atoms with van der Waals surface area (Å²) in [6.07, 6.45) is 0.724. The van der Waals surface area contributed by atoms with E-state index in [4.69, 9.17) is 16.2 Å². The van der Waals surface area contributed by atoms with Crippen molar-refractivity contribution in [2.45, 2.75) is 25.5 Å². The minimum absolute atomic E-state index is 0.158. The lowest BCUT2D eigenvalue weighted by Gasteiger charge is -2.11. The topological polar surface area (TPSA) is 78.3 Å². The van der Waals surface area contributed by atoms with Gasteiger partial charge in [0.1, 0.15) is 18.2 Å². The summed E-state index contributed by atoms with van der Waals surface area (Å²) < 4.78 is 19.0. The van der Waals surface area contributed by atoms with Gasteiger partial charge in [0.25, 0.3) is 0 Å². The third kappa shape index (κ3) is 4.86. The Morgan fingerprint density at radius 2 is 1.82 bits per heavy atom. The Morgan fingerprint density at radius 1 is 1.14 bits per heavy atom. The highest BCUT2D eigenvalue weighted by Crippen LogP contribution is 2.16. The Morgan fingerprint density at radius 3 is 2.45 bits per heavy atom. The molecule has 1 unspecified atom stereocenters. The molecule has 4 N–H and O–H groups in total. The van der Waals surface area contributed by atoms with Crippen molar-refractivity contribution in [3.8, 4) is 5.75 Å². The molecule has 0 spiro atoms. The first-order valence-electron chi connectivity index (χ1n) is 7.03. The predicted octanol–water partition coefficient (Wildman–Crippen LogP) is 2.15. The average Bonchev–Trinajstić information content (AvgIpc) is 2.47. The van der Waals surface area contributed by atoms with Gasteiger partial charge in [-0.05, 0) is 30.2 Å². The van der Waals surface area contributed by atoms with Crippen LogP contribution in [0.3, 0.4) is 0 Å². The first-order chi connectivity index (χ1) is 10.5. The Balaban J connectivity index is 1.89. The van der Waals surface area contributed by atoms with E-state index in [1.807, 2.05) is 12.1 Å². The van der Waals surface area contributed by atoms with E-state index in [0.29, 0.717) is 17.7 Å². The van der Waals surface area contributed by atoms with Crippen molar-refractivity contribution in [2.24, 2.45) is 11.5 Å². The van der Waals surface area contributed by atoms with Gasteiger partial charge in [-0.15, -0.1) is 0 Å². The number of carbonyl (C=O) groups is 1. The van der Waals surface area contributed by atoms with Crippen LogP contribution in [-0.2, 0) is 17.8 Å². The molecule has 0 radical (unpaired) electrons. The molecule has 0 aliphatic rings. The van der Waals surface area contributed by atoms with Gasteiger partial charge in [-0.3, -0.25) is 4.79 Å². The highest BCUT2D eigenvalue weighted by atomic mass is 19.1. The fraction of sp³-hybridized carbons (Fsp3) is 0.235. The van der Waals surface area contributed by atoms with E-state index in [2.05, 4.69) is 0 Å². The van der Waals surface area contributed by atoms with Crippen LogP contribution >= 0.6 is 0 Å². The van der Waals surface area contributed by atoms with Gasteiger partial charge in [0, 0.05) is 18.0 Å². The lowest BCUT2D eigenvalue weighted by Crippen LogP contribution is -2.29. The first kappa shape index (κ1) is 16.0. The highest BCUT2D eigenvalue weighted by molar-refractivity contribution is 5.74. The second kappa shape index (κ2) is 7.56. The zero-order valence-corrected chi connectivity index (χ0v) is 12.2. The summed E-state index contributed by atoms with van der Waals surface area (Å²) in [5.41, 5.74) is 12.4. The molecule has 0 bridgehead atoms. The lowest BCUT2D eigenvalue weighted by molar-refractivity contribution is -0.118. The molecule has 0 aromatic heterocycles. The summed E-state index contributed by atoms with van der Waals surface area (Å²) in [6.45, 7) is 0.174. The molecule has 5 heteroatoms. The van der Waals surface area contributed by atoms with Gasteiger partial charge in [0.05, 0.1) is 0 Å². The predicted molar refractivity (Wildman–Crippen MR) is 82.7 cm³/mol. The molecule has 0 aliphatic carbocycles. The van der Waals surface area contributed by atoms with Crippen molar-refractivity contribution in [2.75, 3.05) is 0 Å². The van der Waals surface area contributed by atoms with E-state index in [1.165, 1.54) is 6.07 Å². The largest absolute Gasteiger partial charge is 0.489 e. The average molecular weight is 302 g/mol.